The molecule has 4 heterocycles. The molecule has 4 amide bonds. The Balaban J connectivity index is 1.08. The number of methoxy groups -OCH3 is 2. The lowest BCUT2D eigenvalue weighted by atomic mass is 9.91. The Kier molecular flexibility index (Phi) is 11.7. The third-order valence-corrected chi connectivity index (χ3v) is 11.7. The number of hydrogen-bond donors (Lipinski definition) is 4. The normalized spacial score (nSPS) is 18.6. The van der Waals surface area contributed by atoms with Gasteiger partial charge in [-0.15, -0.1) is 0 Å². The number of carbonyl (C=O) groups excluding carboxylic acids is 4. The first-order valence-corrected chi connectivity index (χ1v) is 20.2. The van der Waals surface area contributed by atoms with Gasteiger partial charge in [0.1, 0.15) is 23.7 Å². The predicted octanol–water partition coefficient (Wildman–Crippen LogP) is 7.18. The maximum absolute atomic E-state index is 13.7. The largest absolute Gasteiger partial charge is 0.453 e. The number of aromatic nitrogens is 4. The fourth-order valence-electron chi connectivity index (χ4n) is 8.61. The van der Waals surface area contributed by atoms with Crippen LogP contribution in [0.25, 0.3) is 39.7 Å². The highest BCUT2D eigenvalue weighted by Gasteiger charge is 2.39. The molecule has 1 aliphatic carbocycles. The van der Waals surface area contributed by atoms with Gasteiger partial charge < -0.3 is 39.9 Å². The van der Waals surface area contributed by atoms with E-state index in [4.69, 9.17) is 19.4 Å². The summed E-state index contributed by atoms with van der Waals surface area (Å²) in [5.74, 6) is 0.967. The first-order valence-electron chi connectivity index (χ1n) is 20.2. The van der Waals surface area contributed by atoms with Gasteiger partial charge in [-0.25, -0.2) is 19.6 Å². The molecule has 2 saturated heterocycles. The highest BCUT2D eigenvalue weighted by Crippen LogP contribution is 2.41. The van der Waals surface area contributed by atoms with Gasteiger partial charge in [0.25, 0.3) is 0 Å². The molecule has 14 nitrogen and oxygen atoms in total. The third-order valence-electron chi connectivity index (χ3n) is 11.7. The van der Waals surface area contributed by atoms with Crippen molar-refractivity contribution in [2.75, 3.05) is 27.3 Å². The lowest BCUT2D eigenvalue weighted by molar-refractivity contribution is -0.136. The van der Waals surface area contributed by atoms with Crippen LogP contribution in [0.1, 0.15) is 95.2 Å². The Morgan fingerprint density at radius 1 is 0.707 bits per heavy atom. The molecular formula is C44H54N8O6. The molecule has 2 aliphatic heterocycles. The number of allylic oxidation sites excluding steroid dienone is 1. The lowest BCUT2D eigenvalue weighted by Crippen LogP contribution is -2.51. The van der Waals surface area contributed by atoms with E-state index in [1.54, 1.807) is 0 Å². The van der Waals surface area contributed by atoms with E-state index in [0.29, 0.717) is 13.1 Å². The summed E-state index contributed by atoms with van der Waals surface area (Å²) in [6, 6.07) is 10.9. The van der Waals surface area contributed by atoms with Crippen molar-refractivity contribution >= 4 is 30.1 Å². The number of carbonyl (C=O) groups is 4. The quantitative estimate of drug-likeness (QED) is 0.124. The number of fused-ring (bicyclic) bond motifs is 1. The molecule has 7 rings (SSSR count). The standard InChI is InChI=1S/C44H54N8O6/c1-24(2)37(49-43(55)57-6)41(53)51-18-8-10-35(51)39-45-22-33(47-39)28-14-12-27(13-15-28)29-16-17-30(32-21-26(5)20-31(29)32)34-23-46-40(48-34)36-11-9-19-52(36)42(54)38(25(3)4)50-44(56)58-7/h12-17,21-25,35-38H,8-11,18-20H2,1-7H3,(H,45,47)(H,46,48)(H,49,55)(H,50,56)/t35-,36-,37-,38-/m0/s1. The van der Waals surface area contributed by atoms with Gasteiger partial charge in [0, 0.05) is 18.7 Å². The van der Waals surface area contributed by atoms with Crippen LogP contribution in [0.4, 0.5) is 9.59 Å². The molecule has 58 heavy (non-hydrogen) atoms. The average molecular weight is 791 g/mol. The van der Waals surface area contributed by atoms with Crippen molar-refractivity contribution in [2.45, 2.75) is 90.9 Å². The number of benzene rings is 2. The Bertz CT molecular complexity index is 2200. The molecule has 4 N–H and O–H groups in total. The smallest absolute Gasteiger partial charge is 0.407 e. The summed E-state index contributed by atoms with van der Waals surface area (Å²) in [5.41, 5.74) is 9.74. The number of nitrogens with zero attached hydrogens (tertiary/aromatic N) is 4. The van der Waals surface area contributed by atoms with E-state index in [9.17, 15) is 19.2 Å². The fraction of sp³-hybridized carbons (Fsp3) is 0.455. The van der Waals surface area contributed by atoms with Crippen molar-refractivity contribution in [3.8, 4) is 33.6 Å². The second kappa shape index (κ2) is 16.9. The molecule has 14 heteroatoms. The van der Waals surface area contributed by atoms with Crippen LogP contribution in [-0.4, -0.2) is 93.1 Å². The second-order valence-corrected chi connectivity index (χ2v) is 16.3. The van der Waals surface area contributed by atoms with Gasteiger partial charge in [0.05, 0.1) is 50.1 Å². The fourth-order valence-corrected chi connectivity index (χ4v) is 8.61. The van der Waals surface area contributed by atoms with Crippen LogP contribution in [0.3, 0.4) is 0 Å². The number of nitrogens with one attached hydrogen (secondary N) is 4. The molecule has 2 aromatic carbocycles. The molecule has 0 bridgehead atoms. The van der Waals surface area contributed by atoms with Crippen LogP contribution in [0.15, 0.2) is 54.4 Å². The second-order valence-electron chi connectivity index (χ2n) is 16.3. The first-order chi connectivity index (χ1) is 27.9. The predicted molar refractivity (Wildman–Crippen MR) is 220 cm³/mol. The van der Waals surface area contributed by atoms with Crippen molar-refractivity contribution in [2.24, 2.45) is 11.8 Å². The minimum Gasteiger partial charge on any atom is -0.453 e. The van der Waals surface area contributed by atoms with Crippen molar-refractivity contribution in [1.82, 2.24) is 40.4 Å². The summed E-state index contributed by atoms with van der Waals surface area (Å²) >= 11 is 0. The molecule has 2 fully saturated rings. The van der Waals surface area contributed by atoms with E-state index in [-0.39, 0.29) is 35.7 Å². The molecular weight excluding hydrogens is 737 g/mol. The summed E-state index contributed by atoms with van der Waals surface area (Å²) in [5, 5.41) is 5.42. The van der Waals surface area contributed by atoms with Gasteiger partial charge in [-0.1, -0.05) is 75.7 Å². The molecule has 4 atom stereocenters. The van der Waals surface area contributed by atoms with Gasteiger partial charge in [0.2, 0.25) is 11.8 Å². The lowest BCUT2D eigenvalue weighted by Gasteiger charge is -2.30. The number of aromatic amines is 2. The number of rotatable bonds is 11. The summed E-state index contributed by atoms with van der Waals surface area (Å²) in [6.45, 7) is 11.0. The zero-order valence-electron chi connectivity index (χ0n) is 34.3. The maximum atomic E-state index is 13.7. The summed E-state index contributed by atoms with van der Waals surface area (Å²) in [4.78, 5) is 71.5. The number of ether oxygens (including phenoxy) is 2. The topological polar surface area (TPSA) is 175 Å². The molecule has 2 aromatic heterocycles. The number of likely N-dealkylation sites (tertiary alicyclic amines) is 2. The Morgan fingerprint density at radius 3 is 1.71 bits per heavy atom. The number of H-pyrrole nitrogens is 2. The van der Waals surface area contributed by atoms with Crippen LogP contribution in [0, 0.1) is 11.8 Å². The van der Waals surface area contributed by atoms with Gasteiger partial charge in [-0.2, -0.15) is 0 Å². The highest BCUT2D eigenvalue weighted by molar-refractivity contribution is 5.88. The molecule has 306 valence electrons. The van der Waals surface area contributed by atoms with E-state index >= 15 is 0 Å². The first kappa shape index (κ1) is 40.3. The number of imidazole rings is 2. The minimum atomic E-state index is -0.695. The third kappa shape index (κ3) is 7.96. The summed E-state index contributed by atoms with van der Waals surface area (Å²) in [7, 11) is 2.59. The average Bonchev–Trinajstić information content (AvgIpc) is 4.06. The molecule has 0 unspecified atom stereocenters. The van der Waals surface area contributed by atoms with E-state index in [2.05, 4.69) is 70.0 Å². The van der Waals surface area contributed by atoms with Crippen molar-refractivity contribution in [3.63, 3.8) is 0 Å². The molecule has 4 aromatic rings. The van der Waals surface area contributed by atoms with Crippen LogP contribution >= 0.6 is 0 Å². The molecule has 0 radical (unpaired) electrons. The highest BCUT2D eigenvalue weighted by atomic mass is 16.5. The Hall–Kier alpha value is -5.92. The van der Waals surface area contributed by atoms with Crippen LogP contribution in [-0.2, 0) is 25.5 Å². The monoisotopic (exact) mass is 790 g/mol. The summed E-state index contributed by atoms with van der Waals surface area (Å²) in [6.07, 6.45) is 8.77. The van der Waals surface area contributed by atoms with E-state index in [1.807, 2.05) is 49.9 Å². The SMILES string of the molecule is COC(=O)N[C@H](C(=O)N1CCC[C@H]1c1ncc(-c2ccc(-c3ccc(-c4cnc([C@@H]5CCCN5C(=O)[C@@H](NC(=O)OC)C(C)C)[nH]4)c4c3CC(C)=C4)cc2)[nH]1)C(C)C. The molecule has 3 aliphatic rings. The zero-order valence-corrected chi connectivity index (χ0v) is 34.3. The Morgan fingerprint density at radius 2 is 1.19 bits per heavy atom. The van der Waals surface area contributed by atoms with Crippen molar-refractivity contribution in [1.29, 1.82) is 0 Å². The maximum Gasteiger partial charge on any atom is 0.407 e. The van der Waals surface area contributed by atoms with Crippen LogP contribution < -0.4 is 10.6 Å². The van der Waals surface area contributed by atoms with Gasteiger partial charge in [-0.05, 0) is 78.7 Å². The van der Waals surface area contributed by atoms with E-state index < -0.39 is 24.3 Å². The zero-order chi connectivity index (χ0) is 41.2. The van der Waals surface area contributed by atoms with Crippen LogP contribution in [0.5, 0.6) is 0 Å². The Labute approximate surface area is 339 Å². The van der Waals surface area contributed by atoms with Crippen molar-refractivity contribution < 1.29 is 28.7 Å². The van der Waals surface area contributed by atoms with Gasteiger partial charge >= 0.3 is 12.2 Å². The summed E-state index contributed by atoms with van der Waals surface area (Å²) < 4.78 is 9.56. The number of alkyl carbamates (subject to hydrolysis) is 2. The van der Waals surface area contributed by atoms with E-state index in [0.717, 1.165) is 83.0 Å². The molecule has 0 saturated carbocycles. The van der Waals surface area contributed by atoms with Crippen molar-refractivity contribution in [3.05, 3.63) is 77.1 Å². The van der Waals surface area contributed by atoms with Gasteiger partial charge in [0.15, 0.2) is 0 Å². The van der Waals surface area contributed by atoms with Gasteiger partial charge in [-0.3, -0.25) is 9.59 Å². The minimum absolute atomic E-state index is 0.108. The number of amides is 4. The van der Waals surface area contributed by atoms with E-state index in [1.165, 1.54) is 25.4 Å². The molecule has 0 spiro atoms. The number of hydrogen-bond acceptors (Lipinski definition) is 8. The van der Waals surface area contributed by atoms with Crippen LogP contribution in [0.2, 0.25) is 0 Å².